The van der Waals surface area contributed by atoms with Crippen molar-refractivity contribution in [2.75, 3.05) is 11.9 Å². The van der Waals surface area contributed by atoms with Gasteiger partial charge >= 0.3 is 0 Å². The summed E-state index contributed by atoms with van der Waals surface area (Å²) in [6.45, 7) is 0.277. The summed E-state index contributed by atoms with van der Waals surface area (Å²) in [6, 6.07) is 5.36. The first-order valence-electron chi connectivity index (χ1n) is 5.29. The fourth-order valence-electron chi connectivity index (χ4n) is 1.35. The van der Waals surface area contributed by atoms with Crippen LogP contribution in [0.3, 0.4) is 0 Å². The van der Waals surface area contributed by atoms with Crippen molar-refractivity contribution in [1.82, 2.24) is 4.98 Å². The van der Waals surface area contributed by atoms with E-state index in [9.17, 15) is 4.79 Å². The fraction of sp³-hybridized carbons (Fsp3) is 0.0769. The van der Waals surface area contributed by atoms with E-state index in [2.05, 4.69) is 22.1 Å². The summed E-state index contributed by atoms with van der Waals surface area (Å²) in [5.41, 5.74) is 6.68. The average Bonchev–Trinajstić information content (AvgIpc) is 2.86. The van der Waals surface area contributed by atoms with E-state index in [1.54, 1.807) is 24.5 Å². The van der Waals surface area contributed by atoms with E-state index in [1.165, 1.54) is 11.3 Å². The summed E-state index contributed by atoms with van der Waals surface area (Å²) in [6.07, 6.45) is 3.25. The molecule has 2 aromatic heterocycles. The van der Waals surface area contributed by atoms with E-state index in [4.69, 9.17) is 5.73 Å². The number of nitrogens with zero attached hydrogens (tertiary/aromatic N) is 1. The maximum absolute atomic E-state index is 12.0. The van der Waals surface area contributed by atoms with Gasteiger partial charge in [-0.05, 0) is 23.6 Å². The molecule has 3 N–H and O–H groups in total. The highest BCUT2D eigenvalue weighted by molar-refractivity contribution is 7.12. The monoisotopic (exact) mass is 257 g/mol. The molecule has 0 aliphatic carbocycles. The van der Waals surface area contributed by atoms with Crippen LogP contribution in [0.15, 0.2) is 36.0 Å². The predicted molar refractivity (Wildman–Crippen MR) is 72.4 cm³/mol. The van der Waals surface area contributed by atoms with Crippen molar-refractivity contribution in [2.45, 2.75) is 0 Å². The summed E-state index contributed by atoms with van der Waals surface area (Å²) in [7, 11) is 0. The molecule has 0 radical (unpaired) electrons. The molecule has 2 aromatic rings. The molecule has 0 bridgehead atoms. The maximum Gasteiger partial charge on any atom is 0.267 e. The number of pyridine rings is 1. The molecule has 18 heavy (non-hydrogen) atoms. The lowest BCUT2D eigenvalue weighted by Crippen LogP contribution is -2.11. The standard InChI is InChI=1S/C13H11N3OS/c14-6-1-3-10-5-8-18-12(10)13(17)16-11-4-2-7-15-9-11/h2,4-5,7-9H,6,14H2,(H,16,17). The van der Waals surface area contributed by atoms with Gasteiger partial charge in [0.25, 0.3) is 5.91 Å². The lowest BCUT2D eigenvalue weighted by atomic mass is 10.2. The van der Waals surface area contributed by atoms with Gasteiger partial charge in [-0.2, -0.15) is 0 Å². The predicted octanol–water partition coefficient (Wildman–Crippen LogP) is 1.71. The third kappa shape index (κ3) is 2.94. The molecule has 0 saturated heterocycles. The summed E-state index contributed by atoms with van der Waals surface area (Å²) >= 11 is 1.35. The normalized spacial score (nSPS) is 9.39. The van der Waals surface area contributed by atoms with Gasteiger partial charge in [-0.25, -0.2) is 0 Å². The Morgan fingerprint density at radius 2 is 2.39 bits per heavy atom. The second-order valence-electron chi connectivity index (χ2n) is 3.37. The molecule has 1 amide bonds. The number of amides is 1. The van der Waals surface area contributed by atoms with E-state index >= 15 is 0 Å². The first kappa shape index (κ1) is 12.3. The number of carbonyl (C=O) groups is 1. The zero-order valence-electron chi connectivity index (χ0n) is 9.51. The molecule has 0 atom stereocenters. The lowest BCUT2D eigenvalue weighted by molar-refractivity contribution is 0.103. The molecule has 2 rings (SSSR count). The summed E-state index contributed by atoms with van der Waals surface area (Å²) in [5, 5.41) is 4.60. The van der Waals surface area contributed by atoms with Crippen molar-refractivity contribution in [3.63, 3.8) is 0 Å². The van der Waals surface area contributed by atoms with Gasteiger partial charge < -0.3 is 11.1 Å². The molecule has 4 nitrogen and oxygen atoms in total. The molecule has 5 heteroatoms. The molecule has 0 aromatic carbocycles. The van der Waals surface area contributed by atoms with Crippen LogP contribution in [-0.4, -0.2) is 17.4 Å². The van der Waals surface area contributed by atoms with Crippen LogP contribution < -0.4 is 11.1 Å². The van der Waals surface area contributed by atoms with Gasteiger partial charge in [0.2, 0.25) is 0 Å². The van der Waals surface area contributed by atoms with Crippen LogP contribution in [0.5, 0.6) is 0 Å². The van der Waals surface area contributed by atoms with Crippen molar-refractivity contribution in [1.29, 1.82) is 0 Å². The summed E-state index contributed by atoms with van der Waals surface area (Å²) in [4.78, 5) is 16.6. The number of aromatic nitrogens is 1. The van der Waals surface area contributed by atoms with Crippen LogP contribution in [0.1, 0.15) is 15.2 Å². The number of thiophene rings is 1. The van der Waals surface area contributed by atoms with Crippen molar-refractivity contribution >= 4 is 22.9 Å². The highest BCUT2D eigenvalue weighted by Crippen LogP contribution is 2.17. The smallest absolute Gasteiger partial charge is 0.267 e. The topological polar surface area (TPSA) is 68.0 Å². The van der Waals surface area contributed by atoms with Crippen LogP contribution >= 0.6 is 11.3 Å². The Morgan fingerprint density at radius 1 is 1.50 bits per heavy atom. The van der Waals surface area contributed by atoms with Crippen molar-refractivity contribution in [2.24, 2.45) is 5.73 Å². The minimum absolute atomic E-state index is 0.181. The molecule has 2 heterocycles. The van der Waals surface area contributed by atoms with Crippen LogP contribution in [-0.2, 0) is 0 Å². The molecule has 0 spiro atoms. The van der Waals surface area contributed by atoms with Crippen molar-refractivity contribution < 1.29 is 4.79 Å². The molecule has 0 aliphatic heterocycles. The first-order valence-corrected chi connectivity index (χ1v) is 6.17. The number of hydrogen-bond donors (Lipinski definition) is 2. The highest BCUT2D eigenvalue weighted by atomic mass is 32.1. The second kappa shape index (κ2) is 5.96. The quantitative estimate of drug-likeness (QED) is 0.805. The SMILES string of the molecule is NCC#Cc1ccsc1C(=O)Nc1cccnc1. The van der Waals surface area contributed by atoms with E-state index < -0.39 is 0 Å². The van der Waals surface area contributed by atoms with Gasteiger partial charge in [-0.3, -0.25) is 9.78 Å². The molecule has 0 fully saturated rings. The average molecular weight is 257 g/mol. The van der Waals surface area contributed by atoms with Gasteiger partial charge in [0, 0.05) is 11.8 Å². The van der Waals surface area contributed by atoms with Crippen molar-refractivity contribution in [3.05, 3.63) is 46.4 Å². The van der Waals surface area contributed by atoms with Gasteiger partial charge in [0.05, 0.1) is 18.4 Å². The molecular weight excluding hydrogens is 246 g/mol. The van der Waals surface area contributed by atoms with Crippen LogP contribution in [0.4, 0.5) is 5.69 Å². The second-order valence-corrected chi connectivity index (χ2v) is 4.28. The Balaban J connectivity index is 2.17. The fourth-order valence-corrected chi connectivity index (χ4v) is 2.10. The number of anilines is 1. The van der Waals surface area contributed by atoms with Gasteiger partial charge in [0.1, 0.15) is 4.88 Å². The Bertz CT molecular complexity index is 595. The van der Waals surface area contributed by atoms with Crippen LogP contribution in [0, 0.1) is 11.8 Å². The zero-order chi connectivity index (χ0) is 12.8. The van der Waals surface area contributed by atoms with Gasteiger partial charge in [0.15, 0.2) is 0 Å². The zero-order valence-corrected chi connectivity index (χ0v) is 10.3. The number of hydrogen-bond acceptors (Lipinski definition) is 4. The molecular formula is C13H11N3OS. The third-order valence-corrected chi connectivity index (χ3v) is 3.03. The Hall–Kier alpha value is -2.16. The minimum Gasteiger partial charge on any atom is -0.320 e. The molecule has 0 aliphatic rings. The van der Waals surface area contributed by atoms with E-state index in [0.29, 0.717) is 16.1 Å². The molecule has 0 saturated carbocycles. The van der Waals surface area contributed by atoms with E-state index in [-0.39, 0.29) is 12.5 Å². The molecule has 0 unspecified atom stereocenters. The first-order chi connectivity index (χ1) is 8.81. The number of carbonyl (C=O) groups excluding carboxylic acids is 1. The lowest BCUT2D eigenvalue weighted by Gasteiger charge is -2.02. The summed E-state index contributed by atoms with van der Waals surface area (Å²) < 4.78 is 0. The summed E-state index contributed by atoms with van der Waals surface area (Å²) in [5.74, 6) is 5.44. The third-order valence-electron chi connectivity index (χ3n) is 2.12. The van der Waals surface area contributed by atoms with Gasteiger partial charge in [-0.1, -0.05) is 11.8 Å². The van der Waals surface area contributed by atoms with Gasteiger partial charge in [-0.15, -0.1) is 11.3 Å². The number of rotatable bonds is 2. The number of nitrogens with two attached hydrogens (primary N) is 1. The Kier molecular flexibility index (Phi) is 4.07. The van der Waals surface area contributed by atoms with Crippen LogP contribution in [0.2, 0.25) is 0 Å². The molecule has 90 valence electrons. The maximum atomic E-state index is 12.0. The Morgan fingerprint density at radius 3 is 3.11 bits per heavy atom. The van der Waals surface area contributed by atoms with Crippen molar-refractivity contribution in [3.8, 4) is 11.8 Å². The Labute approximate surface area is 109 Å². The van der Waals surface area contributed by atoms with E-state index in [0.717, 1.165) is 0 Å². The largest absolute Gasteiger partial charge is 0.320 e. The van der Waals surface area contributed by atoms with E-state index in [1.807, 2.05) is 11.4 Å². The minimum atomic E-state index is -0.181. The number of nitrogens with one attached hydrogen (secondary N) is 1. The van der Waals surface area contributed by atoms with Crippen LogP contribution in [0.25, 0.3) is 0 Å². The highest BCUT2D eigenvalue weighted by Gasteiger charge is 2.11.